The van der Waals surface area contributed by atoms with Gasteiger partial charge >= 0.3 is 12.0 Å². The lowest BCUT2D eigenvalue weighted by atomic mass is 10.1. The van der Waals surface area contributed by atoms with Gasteiger partial charge in [-0.3, -0.25) is 0 Å². The number of rotatable bonds is 9. The van der Waals surface area contributed by atoms with Gasteiger partial charge in [-0.25, -0.2) is 14.6 Å². The van der Waals surface area contributed by atoms with Crippen molar-refractivity contribution in [1.82, 2.24) is 20.2 Å². The first-order chi connectivity index (χ1) is 10.0. The smallest absolute Gasteiger partial charge is 0.326 e. The third-order valence-corrected chi connectivity index (χ3v) is 3.07. The highest BCUT2D eigenvalue weighted by Gasteiger charge is 2.22. The molecule has 4 N–H and O–H groups in total. The highest BCUT2D eigenvalue weighted by atomic mass is 16.4. The predicted molar refractivity (Wildman–Crippen MR) is 75.8 cm³/mol. The number of aromatic nitrogens is 2. The van der Waals surface area contributed by atoms with Crippen LogP contribution in [0.3, 0.4) is 0 Å². The van der Waals surface area contributed by atoms with E-state index in [1.54, 1.807) is 7.05 Å². The molecular formula is C13H22N4O4. The van der Waals surface area contributed by atoms with Crippen molar-refractivity contribution in [1.29, 1.82) is 0 Å². The second-order valence-electron chi connectivity index (χ2n) is 4.83. The molecule has 1 heterocycles. The van der Waals surface area contributed by atoms with Gasteiger partial charge in [0.25, 0.3) is 0 Å². The number of unbranched alkanes of at least 4 members (excludes halogenated alkanes) is 2. The van der Waals surface area contributed by atoms with E-state index in [4.69, 9.17) is 10.2 Å². The van der Waals surface area contributed by atoms with E-state index in [1.165, 1.54) is 17.4 Å². The van der Waals surface area contributed by atoms with Crippen LogP contribution in [0, 0.1) is 0 Å². The van der Waals surface area contributed by atoms with Crippen molar-refractivity contribution < 1.29 is 19.8 Å². The van der Waals surface area contributed by atoms with E-state index in [-0.39, 0.29) is 13.0 Å². The average molecular weight is 298 g/mol. The summed E-state index contributed by atoms with van der Waals surface area (Å²) in [5.41, 5.74) is 0.647. The van der Waals surface area contributed by atoms with Crippen LogP contribution in [0.1, 0.15) is 25.0 Å². The lowest BCUT2D eigenvalue weighted by Crippen LogP contribution is -2.48. The Morgan fingerprint density at radius 2 is 2.19 bits per heavy atom. The molecule has 118 valence electrons. The van der Waals surface area contributed by atoms with Crippen LogP contribution in [-0.2, 0) is 11.2 Å². The third kappa shape index (κ3) is 6.26. The number of carboxylic acid groups (broad SMARTS) is 1. The van der Waals surface area contributed by atoms with Crippen LogP contribution < -0.4 is 5.32 Å². The molecule has 0 bridgehead atoms. The summed E-state index contributed by atoms with van der Waals surface area (Å²) in [5.74, 6) is -1.09. The topological polar surface area (TPSA) is 119 Å². The zero-order valence-corrected chi connectivity index (χ0v) is 12.1. The number of H-pyrrole nitrogens is 1. The van der Waals surface area contributed by atoms with Gasteiger partial charge in [-0.1, -0.05) is 0 Å². The Hall–Kier alpha value is -2.09. The molecule has 2 amide bonds. The van der Waals surface area contributed by atoms with Gasteiger partial charge in [0.15, 0.2) is 0 Å². The molecule has 0 aliphatic carbocycles. The molecule has 0 aromatic carbocycles. The number of aliphatic hydroxyl groups excluding tert-OH is 1. The molecule has 8 heteroatoms. The van der Waals surface area contributed by atoms with Crippen molar-refractivity contribution in [2.45, 2.75) is 31.7 Å². The Labute approximate surface area is 123 Å². The van der Waals surface area contributed by atoms with Crippen LogP contribution in [0.25, 0.3) is 0 Å². The maximum Gasteiger partial charge on any atom is 0.326 e. The minimum absolute atomic E-state index is 0.140. The molecule has 21 heavy (non-hydrogen) atoms. The lowest BCUT2D eigenvalue weighted by molar-refractivity contribution is -0.139. The van der Waals surface area contributed by atoms with E-state index in [0.29, 0.717) is 18.7 Å². The lowest BCUT2D eigenvalue weighted by Gasteiger charge is -2.21. The van der Waals surface area contributed by atoms with Crippen molar-refractivity contribution in [3.8, 4) is 0 Å². The minimum atomic E-state index is -1.09. The summed E-state index contributed by atoms with van der Waals surface area (Å²) < 4.78 is 0. The average Bonchev–Trinajstić information content (AvgIpc) is 2.95. The van der Waals surface area contributed by atoms with E-state index in [1.807, 2.05) is 0 Å². The second kappa shape index (κ2) is 8.96. The van der Waals surface area contributed by atoms with Gasteiger partial charge in [-0.05, 0) is 19.3 Å². The number of carbonyl (C=O) groups is 2. The number of hydrogen-bond donors (Lipinski definition) is 4. The summed E-state index contributed by atoms with van der Waals surface area (Å²) in [6.07, 6.45) is 5.43. The fourth-order valence-electron chi connectivity index (χ4n) is 1.81. The molecule has 0 saturated carbocycles. The number of aromatic amines is 1. The largest absolute Gasteiger partial charge is 0.480 e. The monoisotopic (exact) mass is 298 g/mol. The van der Waals surface area contributed by atoms with Crippen molar-refractivity contribution in [2.24, 2.45) is 0 Å². The molecular weight excluding hydrogens is 276 g/mol. The van der Waals surface area contributed by atoms with Crippen LogP contribution in [0.15, 0.2) is 12.5 Å². The molecule has 0 aliphatic heterocycles. The Morgan fingerprint density at radius 1 is 1.43 bits per heavy atom. The van der Waals surface area contributed by atoms with Crippen LogP contribution >= 0.6 is 0 Å². The van der Waals surface area contributed by atoms with Crippen LogP contribution in [0.2, 0.25) is 0 Å². The quantitative estimate of drug-likeness (QED) is 0.486. The Balaban J connectivity index is 2.42. The number of aliphatic hydroxyl groups is 1. The Morgan fingerprint density at radius 3 is 2.76 bits per heavy atom. The predicted octanol–water partition coefficient (Wildman–Crippen LogP) is 0.209. The number of nitrogens with zero attached hydrogens (tertiary/aromatic N) is 2. The second-order valence-corrected chi connectivity index (χ2v) is 4.83. The molecule has 0 radical (unpaired) electrons. The zero-order chi connectivity index (χ0) is 15.7. The number of carboxylic acids is 1. The number of amides is 2. The van der Waals surface area contributed by atoms with Crippen molar-refractivity contribution in [2.75, 3.05) is 20.2 Å². The van der Waals surface area contributed by atoms with Gasteiger partial charge in [0.05, 0.1) is 6.33 Å². The SMILES string of the molecule is CN(CCCCCO)C(=O)N[C@H](Cc1cnc[nH]1)C(=O)O. The van der Waals surface area contributed by atoms with E-state index >= 15 is 0 Å². The van der Waals surface area contributed by atoms with Gasteiger partial charge in [-0.2, -0.15) is 0 Å². The van der Waals surface area contributed by atoms with E-state index in [0.717, 1.165) is 12.8 Å². The van der Waals surface area contributed by atoms with Crippen LogP contribution in [-0.4, -0.2) is 63.3 Å². The standard InChI is InChI=1S/C13H22N4O4/c1-17(5-3-2-4-6-18)13(21)16-11(12(19)20)7-10-8-14-9-15-10/h8-9,11,18H,2-7H2,1H3,(H,14,15)(H,16,21)(H,19,20)/t11-/m1/s1. The van der Waals surface area contributed by atoms with Gasteiger partial charge < -0.3 is 25.4 Å². The summed E-state index contributed by atoms with van der Waals surface area (Å²) in [5, 5.41) is 20.3. The molecule has 1 aromatic rings. The third-order valence-electron chi connectivity index (χ3n) is 3.07. The number of carbonyl (C=O) groups excluding carboxylic acids is 1. The number of aliphatic carboxylic acids is 1. The summed E-state index contributed by atoms with van der Waals surface area (Å²) in [6, 6.07) is -1.43. The maximum atomic E-state index is 11.9. The van der Waals surface area contributed by atoms with Crippen LogP contribution in [0.5, 0.6) is 0 Å². The summed E-state index contributed by atoms with van der Waals surface area (Å²) in [7, 11) is 1.61. The first-order valence-corrected chi connectivity index (χ1v) is 6.87. The zero-order valence-electron chi connectivity index (χ0n) is 12.1. The fourth-order valence-corrected chi connectivity index (χ4v) is 1.81. The number of urea groups is 1. The number of hydrogen-bond acceptors (Lipinski definition) is 4. The van der Waals surface area contributed by atoms with Crippen LogP contribution in [0.4, 0.5) is 4.79 Å². The van der Waals surface area contributed by atoms with E-state index in [2.05, 4.69) is 15.3 Å². The molecule has 1 atom stereocenters. The van der Waals surface area contributed by atoms with Crippen molar-refractivity contribution in [3.63, 3.8) is 0 Å². The fraction of sp³-hybridized carbons (Fsp3) is 0.615. The summed E-state index contributed by atoms with van der Waals surface area (Å²) >= 11 is 0. The number of imidazole rings is 1. The van der Waals surface area contributed by atoms with Gasteiger partial charge in [0.2, 0.25) is 0 Å². The number of nitrogens with one attached hydrogen (secondary N) is 2. The van der Waals surface area contributed by atoms with E-state index in [9.17, 15) is 9.59 Å². The highest BCUT2D eigenvalue weighted by molar-refractivity contribution is 5.82. The molecule has 1 rings (SSSR count). The maximum absolute atomic E-state index is 11.9. The molecule has 0 aliphatic rings. The van der Waals surface area contributed by atoms with E-state index < -0.39 is 18.0 Å². The highest BCUT2D eigenvalue weighted by Crippen LogP contribution is 2.01. The first-order valence-electron chi connectivity index (χ1n) is 6.87. The first kappa shape index (κ1) is 17.0. The Kier molecular flexibility index (Phi) is 7.24. The summed E-state index contributed by atoms with van der Waals surface area (Å²) in [6.45, 7) is 0.656. The van der Waals surface area contributed by atoms with Gasteiger partial charge in [0.1, 0.15) is 6.04 Å². The normalized spacial score (nSPS) is 11.9. The van der Waals surface area contributed by atoms with Gasteiger partial charge in [-0.15, -0.1) is 0 Å². The minimum Gasteiger partial charge on any atom is -0.480 e. The summed E-state index contributed by atoms with van der Waals surface area (Å²) in [4.78, 5) is 31.2. The molecule has 1 aromatic heterocycles. The Bertz CT molecular complexity index is 435. The molecule has 0 unspecified atom stereocenters. The molecule has 0 spiro atoms. The molecule has 0 fully saturated rings. The van der Waals surface area contributed by atoms with Crippen molar-refractivity contribution in [3.05, 3.63) is 18.2 Å². The van der Waals surface area contributed by atoms with Crippen molar-refractivity contribution >= 4 is 12.0 Å². The molecule has 0 saturated heterocycles. The van der Waals surface area contributed by atoms with Gasteiger partial charge in [0, 0.05) is 38.5 Å². The molecule has 8 nitrogen and oxygen atoms in total.